The van der Waals surface area contributed by atoms with E-state index in [0.29, 0.717) is 11.5 Å². The van der Waals surface area contributed by atoms with E-state index in [4.69, 9.17) is 4.74 Å². The summed E-state index contributed by atoms with van der Waals surface area (Å²) in [7, 11) is 1.58. The van der Waals surface area contributed by atoms with Crippen LogP contribution in [0.25, 0.3) is 11.0 Å². The van der Waals surface area contributed by atoms with E-state index in [0.717, 1.165) is 16.9 Å². The second kappa shape index (κ2) is 4.98. The van der Waals surface area contributed by atoms with E-state index in [1.807, 2.05) is 22.8 Å². The van der Waals surface area contributed by atoms with Gasteiger partial charge in [0.05, 0.1) is 23.9 Å². The van der Waals surface area contributed by atoms with Gasteiger partial charge < -0.3 is 9.30 Å². The second-order valence-electron chi connectivity index (χ2n) is 5.02. The van der Waals surface area contributed by atoms with Crippen LogP contribution < -0.4 is 4.74 Å². The number of thioether (sulfide) groups is 1. The normalized spacial score (nSPS) is 17.0. The van der Waals surface area contributed by atoms with E-state index >= 15 is 0 Å². The first-order valence-electron chi connectivity index (χ1n) is 6.80. The average Bonchev–Trinajstić information content (AvgIpc) is 3.06. The molecule has 0 N–H and O–H groups in total. The number of nitrogens with zero attached hydrogens (tertiary/aromatic N) is 2. The Labute approximate surface area is 129 Å². The summed E-state index contributed by atoms with van der Waals surface area (Å²) in [4.78, 5) is 4.55. The molecule has 2 heterocycles. The molecule has 0 amide bonds. The first kappa shape index (κ1) is 13.6. The Morgan fingerprint density at radius 2 is 1.91 bits per heavy atom. The molecule has 0 radical (unpaired) electrons. The van der Waals surface area contributed by atoms with Gasteiger partial charge in [-0.15, -0.1) is 11.8 Å². The molecule has 1 aliphatic rings. The minimum atomic E-state index is -0.540. The van der Waals surface area contributed by atoms with Crippen LogP contribution >= 0.6 is 11.8 Å². The molecule has 1 aliphatic heterocycles. The van der Waals surface area contributed by atoms with Gasteiger partial charge in [-0.2, -0.15) is 0 Å². The number of rotatable bonds is 2. The maximum atomic E-state index is 14.2. The van der Waals surface area contributed by atoms with Crippen LogP contribution in [0.1, 0.15) is 16.8 Å². The molecular formula is C16H12F2N2OS. The lowest BCUT2D eigenvalue weighted by Gasteiger charge is -2.16. The molecule has 0 aliphatic carbocycles. The van der Waals surface area contributed by atoms with Crippen molar-refractivity contribution in [2.45, 2.75) is 11.1 Å². The van der Waals surface area contributed by atoms with Gasteiger partial charge in [0.2, 0.25) is 0 Å². The van der Waals surface area contributed by atoms with Crippen molar-refractivity contribution in [1.82, 2.24) is 9.55 Å². The Bertz CT molecular complexity index is 858. The van der Waals surface area contributed by atoms with Gasteiger partial charge in [-0.1, -0.05) is 12.1 Å². The molecule has 6 heteroatoms. The molecule has 2 aromatic carbocycles. The van der Waals surface area contributed by atoms with Gasteiger partial charge in [0.1, 0.15) is 34.1 Å². The van der Waals surface area contributed by atoms with Gasteiger partial charge in [0, 0.05) is 0 Å². The molecular weight excluding hydrogens is 306 g/mol. The summed E-state index contributed by atoms with van der Waals surface area (Å²) in [5.74, 6) is 0.984. The van der Waals surface area contributed by atoms with Crippen LogP contribution in [0.5, 0.6) is 5.75 Å². The largest absolute Gasteiger partial charge is 0.494 e. The lowest BCUT2D eigenvalue weighted by atomic mass is 10.2. The smallest absolute Gasteiger partial charge is 0.144 e. The predicted molar refractivity (Wildman–Crippen MR) is 82.1 cm³/mol. The fourth-order valence-corrected chi connectivity index (χ4v) is 4.15. The Balaban J connectivity index is 1.99. The van der Waals surface area contributed by atoms with Gasteiger partial charge in [-0.05, 0) is 24.3 Å². The Morgan fingerprint density at radius 1 is 1.18 bits per heavy atom. The van der Waals surface area contributed by atoms with Crippen molar-refractivity contribution in [3.8, 4) is 5.75 Å². The number of ether oxygens (including phenoxy) is 1. The molecule has 4 rings (SSSR count). The molecule has 0 saturated carbocycles. The highest BCUT2D eigenvalue weighted by Gasteiger charge is 2.32. The van der Waals surface area contributed by atoms with Crippen molar-refractivity contribution < 1.29 is 13.5 Å². The SMILES string of the molecule is COc1cccc2nc3n(c12)C(c1c(F)cccc1F)SC3. The number of aromatic nitrogens is 2. The number of hydrogen-bond acceptors (Lipinski definition) is 3. The molecule has 1 unspecified atom stereocenters. The number of hydrogen-bond donors (Lipinski definition) is 0. The molecule has 112 valence electrons. The summed E-state index contributed by atoms with van der Waals surface area (Å²) in [6.45, 7) is 0. The number of para-hydroxylation sites is 1. The molecule has 3 aromatic rings. The van der Waals surface area contributed by atoms with E-state index in [2.05, 4.69) is 4.98 Å². The third-order valence-electron chi connectivity index (χ3n) is 3.82. The zero-order valence-electron chi connectivity index (χ0n) is 11.7. The average molecular weight is 318 g/mol. The molecule has 0 spiro atoms. The van der Waals surface area contributed by atoms with Crippen LogP contribution in [0.2, 0.25) is 0 Å². The number of benzene rings is 2. The quantitative estimate of drug-likeness (QED) is 0.711. The maximum absolute atomic E-state index is 14.2. The fraction of sp³-hybridized carbons (Fsp3) is 0.188. The summed E-state index contributed by atoms with van der Waals surface area (Å²) >= 11 is 1.46. The monoisotopic (exact) mass is 318 g/mol. The number of fused-ring (bicyclic) bond motifs is 3. The molecule has 3 nitrogen and oxygen atoms in total. The van der Waals surface area contributed by atoms with Crippen LogP contribution in [0.3, 0.4) is 0 Å². The van der Waals surface area contributed by atoms with Crippen LogP contribution in [-0.4, -0.2) is 16.7 Å². The molecule has 0 saturated heterocycles. The lowest BCUT2D eigenvalue weighted by Crippen LogP contribution is -2.08. The van der Waals surface area contributed by atoms with Crippen LogP contribution in [0, 0.1) is 11.6 Å². The molecule has 1 aromatic heterocycles. The summed E-state index contributed by atoms with van der Waals surface area (Å²) in [5.41, 5.74) is 1.62. The van der Waals surface area contributed by atoms with Gasteiger partial charge in [0.25, 0.3) is 0 Å². The minimum Gasteiger partial charge on any atom is -0.494 e. The summed E-state index contributed by atoms with van der Waals surface area (Å²) in [6.07, 6.45) is 0. The van der Waals surface area contributed by atoms with Gasteiger partial charge in [-0.25, -0.2) is 13.8 Å². The van der Waals surface area contributed by atoms with Crippen molar-refractivity contribution in [3.05, 3.63) is 59.4 Å². The Morgan fingerprint density at radius 3 is 2.64 bits per heavy atom. The number of imidazole rings is 1. The van der Waals surface area contributed by atoms with Crippen LogP contribution in [0.4, 0.5) is 8.78 Å². The second-order valence-corrected chi connectivity index (χ2v) is 6.09. The topological polar surface area (TPSA) is 27.1 Å². The highest BCUT2D eigenvalue weighted by Crippen LogP contribution is 2.45. The van der Waals surface area contributed by atoms with Crippen LogP contribution in [-0.2, 0) is 5.75 Å². The van der Waals surface area contributed by atoms with E-state index in [-0.39, 0.29) is 5.56 Å². The fourth-order valence-electron chi connectivity index (χ4n) is 2.87. The van der Waals surface area contributed by atoms with Crippen molar-refractivity contribution in [3.63, 3.8) is 0 Å². The van der Waals surface area contributed by atoms with E-state index in [1.54, 1.807) is 7.11 Å². The van der Waals surface area contributed by atoms with Gasteiger partial charge in [-0.3, -0.25) is 0 Å². The third-order valence-corrected chi connectivity index (χ3v) is 5.00. The summed E-state index contributed by atoms with van der Waals surface area (Å²) < 4.78 is 35.6. The molecule has 22 heavy (non-hydrogen) atoms. The first-order chi connectivity index (χ1) is 10.7. The predicted octanol–water partition coefficient (Wildman–Crippen LogP) is 4.12. The maximum Gasteiger partial charge on any atom is 0.144 e. The van der Waals surface area contributed by atoms with E-state index < -0.39 is 17.0 Å². The molecule has 1 atom stereocenters. The van der Waals surface area contributed by atoms with Gasteiger partial charge in [0.15, 0.2) is 0 Å². The van der Waals surface area contributed by atoms with Crippen LogP contribution in [0.15, 0.2) is 36.4 Å². The third kappa shape index (κ3) is 1.83. The first-order valence-corrected chi connectivity index (χ1v) is 7.85. The van der Waals surface area contributed by atoms with Crippen molar-refractivity contribution in [2.24, 2.45) is 0 Å². The zero-order chi connectivity index (χ0) is 15.3. The highest BCUT2D eigenvalue weighted by atomic mass is 32.2. The zero-order valence-corrected chi connectivity index (χ0v) is 12.5. The van der Waals surface area contributed by atoms with Crippen molar-refractivity contribution in [1.29, 1.82) is 0 Å². The molecule has 0 bridgehead atoms. The number of halogens is 2. The Kier molecular flexibility index (Phi) is 3.07. The standard InChI is InChI=1S/C16H12F2N2OS/c1-21-12-7-3-6-11-15(12)20-13(19-11)8-22-16(20)14-9(17)4-2-5-10(14)18/h2-7,16H,8H2,1H3. The van der Waals surface area contributed by atoms with Crippen molar-refractivity contribution >= 4 is 22.8 Å². The summed E-state index contributed by atoms with van der Waals surface area (Å²) in [5, 5.41) is -0.475. The minimum absolute atomic E-state index is 0.0662. The van der Waals surface area contributed by atoms with E-state index in [1.165, 1.54) is 30.0 Å². The lowest BCUT2D eigenvalue weighted by molar-refractivity contribution is 0.417. The molecule has 0 fully saturated rings. The van der Waals surface area contributed by atoms with Crippen molar-refractivity contribution in [2.75, 3.05) is 7.11 Å². The Hall–Kier alpha value is -2.08. The number of methoxy groups -OCH3 is 1. The van der Waals surface area contributed by atoms with Gasteiger partial charge >= 0.3 is 0 Å². The summed E-state index contributed by atoms with van der Waals surface area (Å²) in [6, 6.07) is 9.51. The van der Waals surface area contributed by atoms with E-state index in [9.17, 15) is 8.78 Å². The highest BCUT2D eigenvalue weighted by molar-refractivity contribution is 7.99.